The van der Waals surface area contributed by atoms with Gasteiger partial charge in [-0.1, -0.05) is 24.6 Å². The monoisotopic (exact) mass is 416 g/mol. The maximum absolute atomic E-state index is 10.6. The van der Waals surface area contributed by atoms with Crippen LogP contribution >= 0.6 is 0 Å². The second-order valence-corrected chi connectivity index (χ2v) is 8.92. The van der Waals surface area contributed by atoms with Crippen molar-refractivity contribution in [2.45, 2.75) is 70.2 Å². The average Bonchev–Trinajstić information content (AvgIpc) is 3.35. The van der Waals surface area contributed by atoms with Crippen molar-refractivity contribution in [1.29, 1.82) is 0 Å². The van der Waals surface area contributed by atoms with E-state index in [0.717, 1.165) is 22.4 Å². The van der Waals surface area contributed by atoms with Gasteiger partial charge in [-0.25, -0.2) is 4.98 Å². The lowest BCUT2D eigenvalue weighted by Gasteiger charge is -2.38. The van der Waals surface area contributed by atoms with E-state index in [0.29, 0.717) is 19.4 Å². The van der Waals surface area contributed by atoms with Gasteiger partial charge in [0, 0.05) is 11.8 Å². The normalized spacial score (nSPS) is 34.1. The zero-order chi connectivity index (χ0) is 21.4. The minimum Gasteiger partial charge on any atom is -0.393 e. The van der Waals surface area contributed by atoms with Crippen LogP contribution < -0.4 is 0 Å². The number of aromatic nitrogens is 2. The Morgan fingerprint density at radius 2 is 2.00 bits per heavy atom. The Hall–Kier alpha value is -1.77. The molecule has 7 nitrogen and oxygen atoms in total. The molecule has 2 aromatic rings. The van der Waals surface area contributed by atoms with Gasteiger partial charge in [0.15, 0.2) is 0 Å². The molecule has 4 N–H and O–H groups in total. The summed E-state index contributed by atoms with van der Waals surface area (Å²) in [5, 5.41) is 31.0. The van der Waals surface area contributed by atoms with Crippen LogP contribution in [-0.4, -0.2) is 68.5 Å². The summed E-state index contributed by atoms with van der Waals surface area (Å²) in [5.74, 6) is 0.647. The zero-order valence-electron chi connectivity index (χ0n) is 17.7. The molecule has 0 amide bonds. The fraction of sp³-hybridized carbons (Fsp3) is 0.609. The zero-order valence-corrected chi connectivity index (χ0v) is 17.7. The van der Waals surface area contributed by atoms with Crippen molar-refractivity contribution in [3.05, 3.63) is 35.7 Å². The van der Waals surface area contributed by atoms with Crippen molar-refractivity contribution >= 4 is 17.1 Å². The Kier molecular flexibility index (Phi) is 6.27. The number of H-pyrrole nitrogens is 1. The molecule has 30 heavy (non-hydrogen) atoms. The predicted octanol–water partition coefficient (Wildman–Crippen LogP) is 2.27. The molecular weight excluding hydrogens is 384 g/mol. The van der Waals surface area contributed by atoms with Crippen molar-refractivity contribution < 1.29 is 24.8 Å². The third kappa shape index (κ3) is 4.60. The number of aliphatic hydroxyl groups is 3. The number of para-hydroxylation sites is 2. The molecule has 1 aromatic heterocycles. The molecule has 0 aliphatic carbocycles. The minimum atomic E-state index is -0.950. The number of ether oxygens (including phenoxy) is 2. The standard InChI is InChI=1S/C23H32N2O5/c1-12(9-20-24-16-6-4-5-7-17(16)25-20)8-18-22(28)21(27)15(11-29-18)10-19-23(30-19)13(2)14(3)26/h4-7,9,13-15,18-19,21-23,26-28H,8,10-11H2,1-3H3,(H,24,25)/b12-9+/t13-,14-,15-,18-,19-,21+,22-,23-/m0/s1. The lowest BCUT2D eigenvalue weighted by molar-refractivity contribution is -0.165. The van der Waals surface area contributed by atoms with Crippen LogP contribution in [0.15, 0.2) is 29.8 Å². The van der Waals surface area contributed by atoms with Crippen LogP contribution in [0.2, 0.25) is 0 Å². The summed E-state index contributed by atoms with van der Waals surface area (Å²) in [6.07, 6.45) is 0.438. The molecule has 164 valence electrons. The van der Waals surface area contributed by atoms with Crippen LogP contribution in [0.25, 0.3) is 17.1 Å². The van der Waals surface area contributed by atoms with Gasteiger partial charge in [0.25, 0.3) is 0 Å². The van der Waals surface area contributed by atoms with E-state index >= 15 is 0 Å². The van der Waals surface area contributed by atoms with Crippen LogP contribution in [0.5, 0.6) is 0 Å². The number of nitrogens with zero attached hydrogens (tertiary/aromatic N) is 1. The number of epoxide rings is 1. The van der Waals surface area contributed by atoms with E-state index in [4.69, 9.17) is 9.47 Å². The first-order valence-corrected chi connectivity index (χ1v) is 10.8. The smallest absolute Gasteiger partial charge is 0.131 e. The molecule has 4 rings (SSSR count). The Morgan fingerprint density at radius 1 is 1.23 bits per heavy atom. The Labute approximate surface area is 176 Å². The molecular formula is C23H32N2O5. The average molecular weight is 417 g/mol. The highest BCUT2D eigenvalue weighted by Gasteiger charge is 2.48. The molecule has 8 atom stereocenters. The van der Waals surface area contributed by atoms with Gasteiger partial charge < -0.3 is 29.8 Å². The summed E-state index contributed by atoms with van der Waals surface area (Å²) >= 11 is 0. The number of hydrogen-bond donors (Lipinski definition) is 4. The first kappa shape index (κ1) is 21.5. The van der Waals surface area contributed by atoms with Crippen LogP contribution in [-0.2, 0) is 9.47 Å². The third-order valence-electron chi connectivity index (χ3n) is 6.49. The van der Waals surface area contributed by atoms with Crippen LogP contribution in [0.1, 0.15) is 39.4 Å². The van der Waals surface area contributed by atoms with E-state index in [1.54, 1.807) is 6.92 Å². The molecule has 3 heterocycles. The summed E-state index contributed by atoms with van der Waals surface area (Å²) < 4.78 is 11.6. The van der Waals surface area contributed by atoms with Gasteiger partial charge in [0.05, 0.1) is 48.2 Å². The van der Waals surface area contributed by atoms with Gasteiger partial charge in [0.2, 0.25) is 0 Å². The van der Waals surface area contributed by atoms with Gasteiger partial charge in [-0.2, -0.15) is 0 Å². The lowest BCUT2D eigenvalue weighted by Crippen LogP contribution is -2.50. The van der Waals surface area contributed by atoms with Crippen molar-refractivity contribution in [2.75, 3.05) is 6.61 Å². The summed E-state index contributed by atoms with van der Waals surface area (Å²) in [7, 11) is 0. The highest BCUT2D eigenvalue weighted by atomic mass is 16.6. The van der Waals surface area contributed by atoms with E-state index in [1.807, 2.05) is 44.2 Å². The fourth-order valence-electron chi connectivity index (χ4n) is 4.36. The van der Waals surface area contributed by atoms with Gasteiger partial charge in [-0.05, 0) is 44.9 Å². The number of hydrogen-bond acceptors (Lipinski definition) is 6. The van der Waals surface area contributed by atoms with Crippen molar-refractivity contribution in [3.63, 3.8) is 0 Å². The van der Waals surface area contributed by atoms with Gasteiger partial charge >= 0.3 is 0 Å². The number of rotatable bonds is 7. The summed E-state index contributed by atoms with van der Waals surface area (Å²) in [4.78, 5) is 7.82. The highest BCUT2D eigenvalue weighted by molar-refractivity contribution is 5.76. The number of aromatic amines is 1. The van der Waals surface area contributed by atoms with E-state index in [-0.39, 0.29) is 24.0 Å². The molecule has 1 aromatic carbocycles. The summed E-state index contributed by atoms with van der Waals surface area (Å²) in [6.45, 7) is 6.08. The van der Waals surface area contributed by atoms with Gasteiger partial charge in [0.1, 0.15) is 11.9 Å². The number of imidazole rings is 1. The molecule has 0 unspecified atom stereocenters. The molecule has 2 saturated heterocycles. The molecule has 2 aliphatic rings. The number of nitrogens with one attached hydrogen (secondary N) is 1. The number of benzene rings is 1. The third-order valence-corrected chi connectivity index (χ3v) is 6.49. The molecule has 2 fully saturated rings. The highest BCUT2D eigenvalue weighted by Crippen LogP contribution is 2.38. The van der Waals surface area contributed by atoms with Crippen molar-refractivity contribution in [1.82, 2.24) is 9.97 Å². The van der Waals surface area contributed by atoms with Crippen LogP contribution in [0.3, 0.4) is 0 Å². The first-order chi connectivity index (χ1) is 14.3. The molecule has 2 aliphatic heterocycles. The Morgan fingerprint density at radius 3 is 2.73 bits per heavy atom. The van der Waals surface area contributed by atoms with Gasteiger partial charge in [-0.15, -0.1) is 0 Å². The Balaban J connectivity index is 1.32. The molecule has 0 bridgehead atoms. The lowest BCUT2D eigenvalue weighted by atomic mass is 9.85. The molecule has 7 heteroatoms. The maximum atomic E-state index is 10.6. The van der Waals surface area contributed by atoms with Crippen LogP contribution in [0, 0.1) is 11.8 Å². The second-order valence-electron chi connectivity index (χ2n) is 8.92. The van der Waals surface area contributed by atoms with Crippen LogP contribution in [0.4, 0.5) is 0 Å². The van der Waals surface area contributed by atoms with E-state index in [1.165, 1.54) is 0 Å². The van der Waals surface area contributed by atoms with Crippen molar-refractivity contribution in [3.8, 4) is 0 Å². The quantitative estimate of drug-likeness (QED) is 0.515. The minimum absolute atomic E-state index is 0.0105. The second kappa shape index (κ2) is 8.77. The SMILES string of the molecule is C/C(=C\c1nc2ccccc2[nH]1)C[C@@H]1OC[C@H](C[C@@H]2O[C@H]2[C@@H](C)[C@H](C)O)[C@@H](O)[C@H]1O. The topological polar surface area (TPSA) is 111 Å². The largest absolute Gasteiger partial charge is 0.393 e. The first-order valence-electron chi connectivity index (χ1n) is 10.8. The van der Waals surface area contributed by atoms with E-state index < -0.39 is 24.4 Å². The van der Waals surface area contributed by atoms with Gasteiger partial charge in [-0.3, -0.25) is 0 Å². The molecule has 0 spiro atoms. The molecule has 0 saturated carbocycles. The molecule has 0 radical (unpaired) electrons. The number of aliphatic hydroxyl groups excluding tert-OH is 3. The van der Waals surface area contributed by atoms with E-state index in [9.17, 15) is 15.3 Å². The summed E-state index contributed by atoms with van der Waals surface area (Å²) in [6, 6.07) is 7.85. The Bertz CT molecular complexity index is 862. The summed E-state index contributed by atoms with van der Waals surface area (Å²) in [5.41, 5.74) is 2.91. The predicted molar refractivity (Wildman–Crippen MR) is 114 cm³/mol. The van der Waals surface area contributed by atoms with E-state index in [2.05, 4.69) is 9.97 Å². The van der Waals surface area contributed by atoms with Crippen molar-refractivity contribution in [2.24, 2.45) is 11.8 Å². The fourth-order valence-corrected chi connectivity index (χ4v) is 4.36. The number of fused-ring (bicyclic) bond motifs is 1. The maximum Gasteiger partial charge on any atom is 0.131 e.